The minimum atomic E-state index is -4.57. The Morgan fingerprint density at radius 2 is 1.88 bits per heavy atom. The number of halogens is 3. The molecule has 0 aliphatic rings. The van der Waals surface area contributed by atoms with Crippen LogP contribution < -0.4 is 4.74 Å². The molecule has 2 heterocycles. The zero-order valence-corrected chi connectivity index (χ0v) is 19.8. The van der Waals surface area contributed by atoms with E-state index in [1.54, 1.807) is 11.6 Å². The molecule has 0 radical (unpaired) electrons. The highest BCUT2D eigenvalue weighted by Crippen LogP contribution is 2.43. The second-order valence-electron chi connectivity index (χ2n) is 8.27. The Bertz CT molecular complexity index is 1240. The number of hydrogen-bond acceptors (Lipinski definition) is 4. The van der Waals surface area contributed by atoms with Crippen molar-refractivity contribution in [2.75, 3.05) is 7.11 Å². The number of thiazole rings is 1. The number of aromatic nitrogens is 3. The van der Waals surface area contributed by atoms with Gasteiger partial charge in [-0.2, -0.15) is 13.2 Å². The zero-order valence-electron chi connectivity index (χ0n) is 19.0. The average Bonchev–Trinajstić information content (AvgIpc) is 3.41. The fourth-order valence-electron chi connectivity index (χ4n) is 4.12. The molecular formula is C25H26F3N3OS. The quantitative estimate of drug-likeness (QED) is 0.282. The number of benzene rings is 2. The van der Waals surface area contributed by atoms with Gasteiger partial charge in [-0.05, 0) is 29.5 Å². The third-order valence-corrected chi connectivity index (χ3v) is 6.46. The molecule has 2 aromatic heterocycles. The molecule has 0 spiro atoms. The van der Waals surface area contributed by atoms with E-state index in [2.05, 4.69) is 23.8 Å². The molecule has 0 bridgehead atoms. The van der Waals surface area contributed by atoms with Crippen molar-refractivity contribution >= 4 is 22.4 Å². The Balaban J connectivity index is 2.01. The van der Waals surface area contributed by atoms with Gasteiger partial charge in [0, 0.05) is 30.1 Å². The molecular weight excluding hydrogens is 447 g/mol. The third-order valence-electron chi connectivity index (χ3n) is 5.68. The number of fused-ring (bicyclic) bond motifs is 1. The molecule has 0 N–H and O–H groups in total. The van der Waals surface area contributed by atoms with Crippen LogP contribution in [0.5, 0.6) is 5.75 Å². The third kappa shape index (κ3) is 4.49. The van der Waals surface area contributed by atoms with E-state index in [4.69, 9.17) is 4.74 Å². The van der Waals surface area contributed by atoms with Crippen LogP contribution in [0.3, 0.4) is 0 Å². The summed E-state index contributed by atoms with van der Waals surface area (Å²) in [5.74, 6) is 1.26. The van der Waals surface area contributed by atoms with Crippen LogP contribution in [-0.2, 0) is 19.1 Å². The maximum atomic E-state index is 14.4. The summed E-state index contributed by atoms with van der Waals surface area (Å²) in [7, 11) is 1.48. The molecule has 0 unspecified atom stereocenters. The van der Waals surface area contributed by atoms with Crippen molar-refractivity contribution in [1.29, 1.82) is 0 Å². The summed E-state index contributed by atoms with van der Waals surface area (Å²) in [5, 5.41) is 2.37. The van der Waals surface area contributed by atoms with Gasteiger partial charge in [-0.3, -0.25) is 0 Å². The fraction of sp³-hybridized carbons (Fsp3) is 0.360. The maximum Gasteiger partial charge on any atom is 0.418 e. The van der Waals surface area contributed by atoms with Crippen molar-refractivity contribution in [1.82, 2.24) is 14.5 Å². The minimum absolute atomic E-state index is 0.0673. The van der Waals surface area contributed by atoms with Crippen molar-refractivity contribution in [3.8, 4) is 17.1 Å². The molecule has 0 aliphatic carbocycles. The van der Waals surface area contributed by atoms with Gasteiger partial charge in [0.15, 0.2) is 0 Å². The molecule has 0 fully saturated rings. The van der Waals surface area contributed by atoms with Crippen LogP contribution in [0, 0.1) is 0 Å². The summed E-state index contributed by atoms with van der Waals surface area (Å²) in [4.78, 5) is 8.76. The maximum absolute atomic E-state index is 14.4. The van der Waals surface area contributed by atoms with Crippen LogP contribution >= 0.6 is 11.3 Å². The van der Waals surface area contributed by atoms with Crippen molar-refractivity contribution in [3.05, 3.63) is 63.6 Å². The van der Waals surface area contributed by atoms with Crippen molar-refractivity contribution in [2.24, 2.45) is 0 Å². The average molecular weight is 474 g/mol. The number of alkyl halides is 3. The topological polar surface area (TPSA) is 39.9 Å². The molecule has 8 heteroatoms. The van der Waals surface area contributed by atoms with Crippen LogP contribution in [0.25, 0.3) is 22.4 Å². The van der Waals surface area contributed by atoms with E-state index in [9.17, 15) is 13.2 Å². The lowest BCUT2D eigenvalue weighted by molar-refractivity contribution is -0.136. The SMILES string of the molecule is CCCn1c(-c2ccc(C(C)C)cc2)nc2c(C(F)(F)F)c(Cc3nccs3)cc(OC)c21. The normalized spacial score (nSPS) is 12.1. The van der Waals surface area contributed by atoms with Gasteiger partial charge < -0.3 is 9.30 Å². The largest absolute Gasteiger partial charge is 0.494 e. The zero-order chi connectivity index (χ0) is 23.8. The lowest BCUT2D eigenvalue weighted by atomic mass is 10.0. The smallest absolute Gasteiger partial charge is 0.418 e. The Morgan fingerprint density at radius 1 is 1.15 bits per heavy atom. The Morgan fingerprint density at radius 3 is 2.42 bits per heavy atom. The number of imidazole rings is 1. The Hall–Kier alpha value is -2.87. The number of rotatable bonds is 7. The lowest BCUT2D eigenvalue weighted by Crippen LogP contribution is -2.12. The van der Waals surface area contributed by atoms with Crippen molar-refractivity contribution in [3.63, 3.8) is 0 Å². The van der Waals surface area contributed by atoms with Crippen LogP contribution in [0.1, 0.15) is 54.8 Å². The van der Waals surface area contributed by atoms with E-state index < -0.39 is 11.7 Å². The second-order valence-corrected chi connectivity index (χ2v) is 9.25. The number of aryl methyl sites for hydroxylation is 1. The van der Waals surface area contributed by atoms with Crippen LogP contribution in [0.15, 0.2) is 41.9 Å². The highest BCUT2D eigenvalue weighted by molar-refractivity contribution is 7.09. The molecule has 0 amide bonds. The first-order chi connectivity index (χ1) is 15.7. The van der Waals surface area contributed by atoms with Gasteiger partial charge in [0.2, 0.25) is 0 Å². The number of hydrogen-bond donors (Lipinski definition) is 0. The lowest BCUT2D eigenvalue weighted by Gasteiger charge is -2.16. The molecule has 4 aromatic rings. The van der Waals surface area contributed by atoms with Crippen LogP contribution in [0.4, 0.5) is 13.2 Å². The van der Waals surface area contributed by atoms with E-state index in [-0.39, 0.29) is 17.5 Å². The highest BCUT2D eigenvalue weighted by atomic mass is 32.1. The molecule has 0 saturated heterocycles. The number of ether oxygens (including phenoxy) is 1. The Labute approximate surface area is 195 Å². The molecule has 0 atom stereocenters. The van der Waals surface area contributed by atoms with E-state index in [1.165, 1.54) is 24.5 Å². The van der Waals surface area contributed by atoms with Gasteiger partial charge in [0.05, 0.1) is 17.7 Å². The van der Waals surface area contributed by atoms with E-state index in [0.29, 0.717) is 34.6 Å². The highest BCUT2D eigenvalue weighted by Gasteiger charge is 2.39. The van der Waals surface area contributed by atoms with Gasteiger partial charge in [0.1, 0.15) is 22.6 Å². The summed E-state index contributed by atoms with van der Waals surface area (Å²) in [6.45, 7) is 6.72. The van der Waals surface area contributed by atoms with Gasteiger partial charge in [-0.25, -0.2) is 9.97 Å². The van der Waals surface area contributed by atoms with E-state index >= 15 is 0 Å². The summed E-state index contributed by atoms with van der Waals surface area (Å²) in [5.41, 5.74) is 1.63. The first-order valence-electron chi connectivity index (χ1n) is 10.9. The second kappa shape index (κ2) is 9.17. The summed E-state index contributed by atoms with van der Waals surface area (Å²) in [6, 6.07) is 9.36. The van der Waals surface area contributed by atoms with Crippen LogP contribution in [-0.4, -0.2) is 21.6 Å². The molecule has 174 valence electrons. The van der Waals surface area contributed by atoms with Crippen LogP contribution in [0.2, 0.25) is 0 Å². The summed E-state index contributed by atoms with van der Waals surface area (Å²) in [6.07, 6.45) is -2.16. The van der Waals surface area contributed by atoms with Crippen molar-refractivity contribution < 1.29 is 17.9 Å². The van der Waals surface area contributed by atoms with Gasteiger partial charge in [0.25, 0.3) is 0 Å². The monoisotopic (exact) mass is 473 g/mol. The predicted octanol–water partition coefficient (Wildman–Crippen LogP) is 7.31. The van der Waals surface area contributed by atoms with E-state index in [0.717, 1.165) is 17.5 Å². The fourth-order valence-corrected chi connectivity index (χ4v) is 4.76. The first kappa shape index (κ1) is 23.3. The first-order valence-corrected chi connectivity index (χ1v) is 11.8. The predicted molar refractivity (Wildman–Crippen MR) is 126 cm³/mol. The van der Waals surface area contributed by atoms with Gasteiger partial charge in [-0.1, -0.05) is 45.0 Å². The number of methoxy groups -OCH3 is 1. The summed E-state index contributed by atoms with van der Waals surface area (Å²) < 4.78 is 50.7. The molecule has 4 nitrogen and oxygen atoms in total. The number of nitrogens with zero attached hydrogens (tertiary/aromatic N) is 3. The minimum Gasteiger partial charge on any atom is -0.494 e. The van der Waals surface area contributed by atoms with Gasteiger partial charge in [-0.15, -0.1) is 11.3 Å². The van der Waals surface area contributed by atoms with Gasteiger partial charge >= 0.3 is 6.18 Å². The Kier molecular flexibility index (Phi) is 6.47. The molecule has 4 rings (SSSR count). The van der Waals surface area contributed by atoms with E-state index in [1.807, 2.05) is 35.8 Å². The molecule has 0 aliphatic heterocycles. The summed E-state index contributed by atoms with van der Waals surface area (Å²) >= 11 is 1.33. The molecule has 33 heavy (non-hydrogen) atoms. The molecule has 2 aromatic carbocycles. The van der Waals surface area contributed by atoms with Crippen molar-refractivity contribution in [2.45, 2.75) is 52.3 Å². The standard InChI is InChI=1S/C25H26F3N3OS/c1-5-11-31-23-19(32-4)13-18(14-20-29-10-12-33-20)21(25(26,27)28)22(23)30-24(31)17-8-6-16(7-9-17)15(2)3/h6-10,12-13,15H,5,11,14H2,1-4H3. The molecule has 0 saturated carbocycles.